The Hall–Kier alpha value is -2.53. The molecule has 0 aliphatic carbocycles. The van der Waals surface area contributed by atoms with Gasteiger partial charge in [-0.25, -0.2) is 9.97 Å². The van der Waals surface area contributed by atoms with Crippen LogP contribution in [0.1, 0.15) is 38.9 Å². The van der Waals surface area contributed by atoms with Gasteiger partial charge in [-0.05, 0) is 34.1 Å². The van der Waals surface area contributed by atoms with E-state index in [2.05, 4.69) is 9.97 Å². The minimum absolute atomic E-state index is 0.0210. The second-order valence-electron chi connectivity index (χ2n) is 10.0. The number of hydrogen-bond donors (Lipinski definition) is 3. The summed E-state index contributed by atoms with van der Waals surface area (Å²) in [5.74, 6) is 1.27. The second-order valence-corrected chi connectivity index (χ2v) is 11.2. The Morgan fingerprint density at radius 1 is 1.38 bits per heavy atom. The summed E-state index contributed by atoms with van der Waals surface area (Å²) in [5, 5.41) is 31.7. The largest absolute Gasteiger partial charge is 0.496 e. The number of methoxy groups -OCH3 is 1. The summed E-state index contributed by atoms with van der Waals surface area (Å²) < 4.78 is 18.3. The number of halogens is 1. The molecule has 4 rings (SSSR count). The van der Waals surface area contributed by atoms with Gasteiger partial charge in [-0.2, -0.15) is 0 Å². The number of fused-ring (bicyclic) bond motifs is 1. The smallest absolute Gasteiger partial charge is 0.276 e. The number of benzene rings is 1. The van der Waals surface area contributed by atoms with Crippen molar-refractivity contribution >= 4 is 45.6 Å². The maximum absolute atomic E-state index is 11.9. The molecule has 0 spiro atoms. The van der Waals surface area contributed by atoms with Gasteiger partial charge in [0.15, 0.2) is 11.6 Å². The van der Waals surface area contributed by atoms with E-state index in [1.807, 2.05) is 53.2 Å². The van der Waals surface area contributed by atoms with E-state index in [0.717, 1.165) is 0 Å². The molecule has 0 radical (unpaired) electrons. The number of aliphatic hydroxyl groups is 2. The zero-order valence-electron chi connectivity index (χ0n) is 21.0. The van der Waals surface area contributed by atoms with Crippen LogP contribution in [0.4, 0.5) is 23.0 Å². The fourth-order valence-electron chi connectivity index (χ4n) is 4.68. The first-order valence-corrected chi connectivity index (χ1v) is 12.7. The Balaban J connectivity index is 1.64. The van der Waals surface area contributed by atoms with E-state index in [4.69, 9.17) is 19.9 Å². The fourth-order valence-corrected chi connectivity index (χ4v) is 5.35. The van der Waals surface area contributed by atoms with Gasteiger partial charge in [-0.3, -0.25) is 10.1 Å². The molecular weight excluding hydrogens is 599 g/mol. The van der Waals surface area contributed by atoms with Gasteiger partial charge in [0.25, 0.3) is 5.69 Å². The zero-order valence-corrected chi connectivity index (χ0v) is 23.2. The maximum Gasteiger partial charge on any atom is 0.276 e. The van der Waals surface area contributed by atoms with Crippen molar-refractivity contribution in [1.29, 1.82) is 0 Å². The number of anilines is 3. The average molecular weight is 630 g/mol. The lowest BCUT2D eigenvalue weighted by atomic mass is 9.84. The molecule has 3 heterocycles. The van der Waals surface area contributed by atoms with Crippen molar-refractivity contribution in [2.45, 2.75) is 51.7 Å². The molecule has 1 aromatic heterocycles. The summed E-state index contributed by atoms with van der Waals surface area (Å²) in [6.07, 6.45) is -1.10. The molecule has 4 N–H and O–H groups in total. The van der Waals surface area contributed by atoms with Crippen molar-refractivity contribution in [3.8, 4) is 5.75 Å². The van der Waals surface area contributed by atoms with Crippen LogP contribution in [-0.2, 0) is 9.47 Å². The van der Waals surface area contributed by atoms with E-state index in [1.165, 1.54) is 19.5 Å². The highest BCUT2D eigenvalue weighted by molar-refractivity contribution is 14.1. The first-order valence-electron chi connectivity index (χ1n) is 11.7. The van der Waals surface area contributed by atoms with Crippen molar-refractivity contribution in [2.75, 3.05) is 42.6 Å². The Bertz CT molecular complexity index is 1160. The SMILES string of the molecule is COc1cc([C@@H](OCN2CN([C@H]3CC(O)[C@@H](CO)O3)c3ncnc(N)c32)C(C)(C)C)c([N+](=O)[O-])cc1I. The van der Waals surface area contributed by atoms with Gasteiger partial charge in [-0.1, -0.05) is 20.8 Å². The molecule has 1 saturated heterocycles. The van der Waals surface area contributed by atoms with Gasteiger partial charge < -0.3 is 40.0 Å². The second kappa shape index (κ2) is 10.7. The molecule has 14 heteroatoms. The van der Waals surface area contributed by atoms with Crippen LogP contribution in [0.15, 0.2) is 18.5 Å². The maximum atomic E-state index is 11.9. The highest BCUT2D eigenvalue weighted by Gasteiger charge is 2.43. The van der Waals surface area contributed by atoms with Crippen LogP contribution in [0, 0.1) is 19.1 Å². The molecule has 2 aliphatic rings. The lowest BCUT2D eigenvalue weighted by molar-refractivity contribution is -0.386. The molecule has 1 unspecified atom stereocenters. The Labute approximate surface area is 227 Å². The molecule has 13 nitrogen and oxygen atoms in total. The topological polar surface area (TPSA) is 170 Å². The summed E-state index contributed by atoms with van der Waals surface area (Å²) in [5.41, 5.74) is 6.58. The third kappa shape index (κ3) is 5.38. The van der Waals surface area contributed by atoms with E-state index in [9.17, 15) is 20.3 Å². The Morgan fingerprint density at radius 3 is 2.70 bits per heavy atom. The van der Waals surface area contributed by atoms with Gasteiger partial charge in [-0.15, -0.1) is 0 Å². The number of hydrogen-bond acceptors (Lipinski definition) is 12. The van der Waals surface area contributed by atoms with Crippen LogP contribution in [0.2, 0.25) is 0 Å². The molecule has 202 valence electrons. The van der Waals surface area contributed by atoms with Gasteiger partial charge >= 0.3 is 0 Å². The number of ether oxygens (including phenoxy) is 3. The molecule has 0 bridgehead atoms. The monoisotopic (exact) mass is 630 g/mol. The van der Waals surface area contributed by atoms with Crippen LogP contribution in [0.5, 0.6) is 5.75 Å². The lowest BCUT2D eigenvalue weighted by Crippen LogP contribution is -2.40. The molecule has 1 aromatic carbocycles. The normalized spacial score (nSPS) is 22.3. The van der Waals surface area contributed by atoms with Crippen molar-refractivity contribution < 1.29 is 29.3 Å². The molecule has 4 atom stereocenters. The first-order chi connectivity index (χ1) is 17.5. The Kier molecular flexibility index (Phi) is 7.94. The van der Waals surface area contributed by atoms with E-state index in [1.54, 1.807) is 6.07 Å². The zero-order chi connectivity index (χ0) is 27.1. The lowest BCUT2D eigenvalue weighted by Gasteiger charge is -2.33. The molecule has 0 amide bonds. The highest BCUT2D eigenvalue weighted by atomic mass is 127. The number of aliphatic hydroxyl groups excluding tert-OH is 2. The number of nitrogens with zero attached hydrogens (tertiary/aromatic N) is 5. The quantitative estimate of drug-likeness (QED) is 0.222. The number of aromatic nitrogens is 2. The van der Waals surface area contributed by atoms with Crippen LogP contribution < -0.4 is 20.3 Å². The van der Waals surface area contributed by atoms with Crippen molar-refractivity contribution in [3.05, 3.63) is 37.7 Å². The van der Waals surface area contributed by atoms with E-state index >= 15 is 0 Å². The van der Waals surface area contributed by atoms with Gasteiger partial charge in [0.2, 0.25) is 0 Å². The summed E-state index contributed by atoms with van der Waals surface area (Å²) in [7, 11) is 1.52. The summed E-state index contributed by atoms with van der Waals surface area (Å²) in [6, 6.07) is 3.14. The first kappa shape index (κ1) is 27.5. The van der Waals surface area contributed by atoms with Crippen LogP contribution in [-0.4, -0.2) is 70.7 Å². The molecule has 37 heavy (non-hydrogen) atoms. The van der Waals surface area contributed by atoms with Crippen molar-refractivity contribution in [1.82, 2.24) is 9.97 Å². The average Bonchev–Trinajstić information content (AvgIpc) is 3.39. The minimum atomic E-state index is -0.815. The van der Waals surface area contributed by atoms with Gasteiger partial charge in [0.1, 0.15) is 36.8 Å². The van der Waals surface area contributed by atoms with Gasteiger partial charge in [0, 0.05) is 12.5 Å². The van der Waals surface area contributed by atoms with Crippen LogP contribution in [0.25, 0.3) is 0 Å². The minimum Gasteiger partial charge on any atom is -0.496 e. The third-order valence-electron chi connectivity index (χ3n) is 6.44. The molecule has 1 fully saturated rings. The fraction of sp³-hybridized carbons (Fsp3) is 0.565. The summed E-state index contributed by atoms with van der Waals surface area (Å²) >= 11 is 2.01. The number of nitro benzene ring substituents is 1. The number of nitrogen functional groups attached to an aromatic ring is 1. The number of nitrogens with two attached hydrogens (primary N) is 1. The summed E-state index contributed by atoms with van der Waals surface area (Å²) in [4.78, 5) is 23.7. The van der Waals surface area contributed by atoms with Crippen LogP contribution in [0.3, 0.4) is 0 Å². The van der Waals surface area contributed by atoms with E-state index in [0.29, 0.717) is 26.4 Å². The predicted molar refractivity (Wildman–Crippen MR) is 143 cm³/mol. The number of rotatable bonds is 8. The van der Waals surface area contributed by atoms with E-state index < -0.39 is 34.9 Å². The Morgan fingerprint density at radius 2 is 2.11 bits per heavy atom. The summed E-state index contributed by atoms with van der Waals surface area (Å²) in [6.45, 7) is 5.81. The molecule has 2 aromatic rings. The standard InChI is InChI=1S/C23H31IN6O7/c1-23(2,3)20(12-5-16(35-4)13(24)6-14(12)30(33)34)36-11-28-10-29(18-7-15(32)17(8-31)37-18)22-19(28)21(25)26-9-27-22/h5-6,9,15,17-18,20,31-32H,7-8,10-11H2,1-4H3,(H2,25,26,27)/t15?,17-,18-,20-/m1/s1. The molecule has 0 saturated carbocycles. The van der Waals surface area contributed by atoms with Gasteiger partial charge in [0.05, 0.1) is 46.7 Å². The van der Waals surface area contributed by atoms with Crippen molar-refractivity contribution in [3.63, 3.8) is 0 Å². The van der Waals surface area contributed by atoms with Crippen molar-refractivity contribution in [2.24, 2.45) is 5.41 Å². The van der Waals surface area contributed by atoms with E-state index in [-0.39, 0.29) is 37.9 Å². The predicted octanol–water partition coefficient (Wildman–Crippen LogP) is 2.39. The van der Waals surface area contributed by atoms with Crippen LogP contribution >= 0.6 is 22.6 Å². The third-order valence-corrected chi connectivity index (χ3v) is 7.28. The molecular formula is C23H31IN6O7. The number of nitro groups is 1. The molecule has 2 aliphatic heterocycles. The highest BCUT2D eigenvalue weighted by Crippen LogP contribution is 2.45.